The Hall–Kier alpha value is -3.44. The molecule has 0 atom stereocenters. The molecule has 0 unspecified atom stereocenters. The van der Waals surface area contributed by atoms with Gasteiger partial charge in [0, 0.05) is 18.9 Å². The van der Waals surface area contributed by atoms with Gasteiger partial charge in [-0.25, -0.2) is 9.50 Å². The number of fused-ring (bicyclic) bond motifs is 1. The van der Waals surface area contributed by atoms with Crippen molar-refractivity contribution in [3.63, 3.8) is 0 Å². The SMILES string of the molecule is O=C(CCC(F)(F)F)NCc1cnn2cc(CNC(=O)c3conc3C3CC3)nc2c1. The van der Waals surface area contributed by atoms with Crippen molar-refractivity contribution >= 4 is 17.5 Å². The average Bonchev–Trinajstić information content (AvgIpc) is 3.30. The molecule has 0 saturated heterocycles. The summed E-state index contributed by atoms with van der Waals surface area (Å²) in [5.74, 6) is -0.704. The standard InChI is InChI=1S/C19H19F3N6O3/c20-19(21,22)4-3-16(29)23-6-11-5-15-26-13(9-28(15)25-7-11)8-24-18(30)14-10-31-27-17(14)12-1-2-12/h5,7,9-10,12H,1-4,6,8H2,(H,23,29)(H,24,30). The highest BCUT2D eigenvalue weighted by Gasteiger charge is 2.31. The monoisotopic (exact) mass is 436 g/mol. The van der Waals surface area contributed by atoms with Crippen LogP contribution in [0.1, 0.15) is 58.9 Å². The van der Waals surface area contributed by atoms with Crippen LogP contribution in [0.5, 0.6) is 0 Å². The van der Waals surface area contributed by atoms with Crippen molar-refractivity contribution in [1.29, 1.82) is 0 Å². The maximum absolute atomic E-state index is 12.4. The molecule has 164 valence electrons. The third-order valence-electron chi connectivity index (χ3n) is 4.79. The lowest BCUT2D eigenvalue weighted by atomic mass is 10.1. The molecule has 1 aliphatic carbocycles. The van der Waals surface area contributed by atoms with E-state index in [9.17, 15) is 22.8 Å². The number of alkyl halides is 3. The first-order valence-corrected chi connectivity index (χ1v) is 9.67. The summed E-state index contributed by atoms with van der Waals surface area (Å²) in [6.45, 7) is 0.206. The second kappa shape index (κ2) is 8.36. The summed E-state index contributed by atoms with van der Waals surface area (Å²) in [5, 5.41) is 13.3. The van der Waals surface area contributed by atoms with Crippen LogP contribution in [0.15, 0.2) is 29.2 Å². The van der Waals surface area contributed by atoms with Gasteiger partial charge in [0.05, 0.1) is 36.7 Å². The lowest BCUT2D eigenvalue weighted by Gasteiger charge is -2.07. The number of nitrogens with one attached hydrogen (secondary N) is 2. The molecule has 2 amide bonds. The fraction of sp³-hybridized carbons (Fsp3) is 0.421. The first-order valence-electron chi connectivity index (χ1n) is 9.67. The summed E-state index contributed by atoms with van der Waals surface area (Å²) in [7, 11) is 0. The predicted molar refractivity (Wildman–Crippen MR) is 99.8 cm³/mol. The van der Waals surface area contributed by atoms with Gasteiger partial charge in [0.2, 0.25) is 5.91 Å². The van der Waals surface area contributed by atoms with Crippen molar-refractivity contribution in [3.8, 4) is 0 Å². The summed E-state index contributed by atoms with van der Waals surface area (Å²) >= 11 is 0. The van der Waals surface area contributed by atoms with Gasteiger partial charge in [-0.3, -0.25) is 9.59 Å². The summed E-state index contributed by atoms with van der Waals surface area (Å²) in [4.78, 5) is 28.3. The number of hydrogen-bond acceptors (Lipinski definition) is 6. The van der Waals surface area contributed by atoms with Gasteiger partial charge in [-0.1, -0.05) is 5.16 Å². The Morgan fingerprint density at radius 3 is 2.77 bits per heavy atom. The van der Waals surface area contributed by atoms with E-state index in [4.69, 9.17) is 4.52 Å². The zero-order valence-corrected chi connectivity index (χ0v) is 16.3. The van der Waals surface area contributed by atoms with Crippen molar-refractivity contribution < 1.29 is 27.3 Å². The zero-order valence-electron chi connectivity index (χ0n) is 16.3. The summed E-state index contributed by atoms with van der Waals surface area (Å²) in [6.07, 6.45) is 0.309. The average molecular weight is 436 g/mol. The molecule has 0 bridgehead atoms. The number of carbonyl (C=O) groups excluding carboxylic acids is 2. The molecule has 9 nitrogen and oxygen atoms in total. The van der Waals surface area contributed by atoms with Gasteiger partial charge in [-0.05, 0) is 24.5 Å². The Labute approximate surface area is 174 Å². The van der Waals surface area contributed by atoms with Crippen LogP contribution in [0.25, 0.3) is 5.65 Å². The van der Waals surface area contributed by atoms with E-state index in [1.807, 2.05) is 0 Å². The van der Waals surface area contributed by atoms with Crippen LogP contribution in [0, 0.1) is 0 Å². The zero-order chi connectivity index (χ0) is 22.0. The number of halogens is 3. The molecule has 3 heterocycles. The summed E-state index contributed by atoms with van der Waals surface area (Å²) < 4.78 is 42.9. The molecule has 1 fully saturated rings. The highest BCUT2D eigenvalue weighted by atomic mass is 19.4. The first-order chi connectivity index (χ1) is 14.8. The number of amides is 2. The maximum atomic E-state index is 12.4. The molecule has 0 spiro atoms. The molecule has 3 aromatic rings. The maximum Gasteiger partial charge on any atom is 0.389 e. The molecular weight excluding hydrogens is 417 g/mol. The smallest absolute Gasteiger partial charge is 0.364 e. The lowest BCUT2D eigenvalue weighted by Crippen LogP contribution is -2.24. The van der Waals surface area contributed by atoms with Crippen molar-refractivity contribution in [3.05, 3.63) is 47.2 Å². The Bertz CT molecular complexity index is 1100. The van der Waals surface area contributed by atoms with E-state index in [1.165, 1.54) is 17.0 Å². The van der Waals surface area contributed by atoms with Gasteiger partial charge in [-0.15, -0.1) is 0 Å². The van der Waals surface area contributed by atoms with Gasteiger partial charge in [0.15, 0.2) is 5.65 Å². The van der Waals surface area contributed by atoms with Crippen molar-refractivity contribution in [2.45, 2.75) is 50.9 Å². The molecule has 12 heteroatoms. The van der Waals surface area contributed by atoms with Gasteiger partial charge < -0.3 is 15.2 Å². The second-order valence-corrected chi connectivity index (χ2v) is 7.36. The van der Waals surface area contributed by atoms with E-state index in [1.54, 1.807) is 12.3 Å². The van der Waals surface area contributed by atoms with E-state index in [0.29, 0.717) is 28.2 Å². The van der Waals surface area contributed by atoms with Crippen LogP contribution >= 0.6 is 0 Å². The Kier molecular flexibility index (Phi) is 5.61. The van der Waals surface area contributed by atoms with Crippen molar-refractivity contribution in [2.75, 3.05) is 0 Å². The molecule has 3 aromatic heterocycles. The largest absolute Gasteiger partial charge is 0.389 e. The van der Waals surface area contributed by atoms with Gasteiger partial charge >= 0.3 is 6.18 Å². The lowest BCUT2D eigenvalue weighted by molar-refractivity contribution is -0.144. The van der Waals surface area contributed by atoms with Crippen LogP contribution in [0.4, 0.5) is 13.2 Å². The Balaban J connectivity index is 1.32. The molecule has 0 aromatic carbocycles. The summed E-state index contributed by atoms with van der Waals surface area (Å²) in [6, 6.07) is 1.66. The normalized spacial score (nSPS) is 14.0. The van der Waals surface area contributed by atoms with Crippen LogP contribution < -0.4 is 10.6 Å². The van der Waals surface area contributed by atoms with Gasteiger partial charge in [0.25, 0.3) is 5.91 Å². The minimum atomic E-state index is -4.37. The molecule has 1 saturated carbocycles. The van der Waals surface area contributed by atoms with Gasteiger partial charge in [-0.2, -0.15) is 18.3 Å². The number of hydrogen-bond donors (Lipinski definition) is 2. The topological polar surface area (TPSA) is 114 Å². The van der Waals surface area contributed by atoms with Crippen LogP contribution in [0.3, 0.4) is 0 Å². The van der Waals surface area contributed by atoms with E-state index < -0.39 is 24.9 Å². The van der Waals surface area contributed by atoms with Crippen LogP contribution in [-0.2, 0) is 17.9 Å². The number of nitrogens with zero attached hydrogens (tertiary/aromatic N) is 4. The minimum absolute atomic E-state index is 0.0382. The number of aromatic nitrogens is 4. The molecule has 4 rings (SSSR count). The minimum Gasteiger partial charge on any atom is -0.364 e. The van der Waals surface area contributed by atoms with Crippen LogP contribution in [-0.4, -0.2) is 37.7 Å². The molecule has 1 aliphatic rings. The fourth-order valence-corrected chi connectivity index (χ4v) is 3.02. The van der Waals surface area contributed by atoms with Crippen LogP contribution in [0.2, 0.25) is 0 Å². The third kappa shape index (κ3) is 5.38. The van der Waals surface area contributed by atoms with E-state index in [0.717, 1.165) is 12.8 Å². The Morgan fingerprint density at radius 2 is 2.03 bits per heavy atom. The first kappa shape index (κ1) is 20.8. The van der Waals surface area contributed by atoms with E-state index in [-0.39, 0.29) is 24.9 Å². The number of imidazole rings is 1. The van der Waals surface area contributed by atoms with E-state index >= 15 is 0 Å². The quantitative estimate of drug-likeness (QED) is 0.561. The highest BCUT2D eigenvalue weighted by Crippen LogP contribution is 2.40. The highest BCUT2D eigenvalue weighted by molar-refractivity contribution is 5.95. The molecule has 0 radical (unpaired) electrons. The molecular formula is C19H19F3N6O3. The Morgan fingerprint density at radius 1 is 1.23 bits per heavy atom. The number of carbonyl (C=O) groups is 2. The fourth-order valence-electron chi connectivity index (χ4n) is 3.02. The second-order valence-electron chi connectivity index (χ2n) is 7.36. The predicted octanol–water partition coefficient (Wildman–Crippen LogP) is 2.48. The van der Waals surface area contributed by atoms with Crippen molar-refractivity contribution in [1.82, 2.24) is 30.4 Å². The molecule has 2 N–H and O–H groups in total. The third-order valence-corrected chi connectivity index (χ3v) is 4.79. The summed E-state index contributed by atoms with van der Waals surface area (Å²) in [5.41, 5.74) is 2.74. The van der Waals surface area contributed by atoms with E-state index in [2.05, 4.69) is 25.9 Å². The van der Waals surface area contributed by atoms with Gasteiger partial charge in [0.1, 0.15) is 11.8 Å². The molecule has 31 heavy (non-hydrogen) atoms. The number of rotatable bonds is 8. The molecule has 0 aliphatic heterocycles. The van der Waals surface area contributed by atoms with Crippen molar-refractivity contribution in [2.24, 2.45) is 0 Å².